The molecule has 0 aromatic carbocycles. The van der Waals surface area contributed by atoms with E-state index in [2.05, 4.69) is 12.2 Å². The molecule has 1 amide bonds. The van der Waals surface area contributed by atoms with Gasteiger partial charge < -0.3 is 10.1 Å². The lowest BCUT2D eigenvalue weighted by atomic mass is 10.1. The molecule has 0 radical (unpaired) electrons. The molecular formula is C10H20ClNO2. The van der Waals surface area contributed by atoms with Crippen LogP contribution >= 0.6 is 11.6 Å². The number of carbonyl (C=O) groups excluding carboxylic acids is 1. The van der Waals surface area contributed by atoms with Gasteiger partial charge >= 0.3 is 0 Å². The molecule has 3 nitrogen and oxygen atoms in total. The average Bonchev–Trinajstić information content (AvgIpc) is 2.21. The normalized spacial score (nSPS) is 12.5. The first-order valence-electron chi connectivity index (χ1n) is 5.11. The summed E-state index contributed by atoms with van der Waals surface area (Å²) < 4.78 is 4.96. The van der Waals surface area contributed by atoms with Crippen LogP contribution in [-0.4, -0.2) is 31.5 Å². The smallest absolute Gasteiger partial charge is 0.245 e. The van der Waals surface area contributed by atoms with E-state index < -0.39 is 0 Å². The van der Waals surface area contributed by atoms with Crippen LogP contribution in [0.15, 0.2) is 0 Å². The number of amides is 1. The second kappa shape index (κ2) is 9.28. The molecule has 0 rings (SSSR count). The van der Waals surface area contributed by atoms with E-state index in [-0.39, 0.29) is 12.5 Å². The zero-order valence-corrected chi connectivity index (χ0v) is 9.77. The number of ether oxygens (including phenoxy) is 1. The summed E-state index contributed by atoms with van der Waals surface area (Å²) in [6.45, 7) is 5.44. The Morgan fingerprint density at radius 3 is 2.86 bits per heavy atom. The zero-order valence-electron chi connectivity index (χ0n) is 9.01. The van der Waals surface area contributed by atoms with Crippen LogP contribution in [0, 0.1) is 5.92 Å². The number of alkyl halides is 1. The Morgan fingerprint density at radius 2 is 2.29 bits per heavy atom. The zero-order chi connectivity index (χ0) is 10.8. The van der Waals surface area contributed by atoms with Crippen molar-refractivity contribution in [2.75, 3.05) is 25.6 Å². The SMILES string of the molecule is CCOCC(=O)NCCCC(C)CCl. The molecule has 1 atom stereocenters. The van der Waals surface area contributed by atoms with Gasteiger partial charge in [0.25, 0.3) is 0 Å². The van der Waals surface area contributed by atoms with Crippen molar-refractivity contribution in [3.05, 3.63) is 0 Å². The van der Waals surface area contributed by atoms with Crippen molar-refractivity contribution in [2.45, 2.75) is 26.7 Å². The molecule has 84 valence electrons. The molecule has 0 saturated carbocycles. The molecule has 0 aliphatic rings. The van der Waals surface area contributed by atoms with Crippen LogP contribution < -0.4 is 5.32 Å². The molecule has 14 heavy (non-hydrogen) atoms. The Balaban J connectivity index is 3.22. The second-order valence-corrected chi connectivity index (χ2v) is 3.70. The van der Waals surface area contributed by atoms with E-state index in [4.69, 9.17) is 16.3 Å². The highest BCUT2D eigenvalue weighted by molar-refractivity contribution is 6.18. The lowest BCUT2D eigenvalue weighted by Crippen LogP contribution is -2.28. The first-order chi connectivity index (χ1) is 6.70. The standard InChI is InChI=1S/C10H20ClNO2/c1-3-14-8-10(13)12-6-4-5-9(2)7-11/h9H,3-8H2,1-2H3,(H,12,13). The monoisotopic (exact) mass is 221 g/mol. The Bertz CT molecular complexity index is 153. The molecule has 0 saturated heterocycles. The van der Waals surface area contributed by atoms with E-state index in [9.17, 15) is 4.79 Å². The summed E-state index contributed by atoms with van der Waals surface area (Å²) in [5.74, 6) is 1.18. The predicted molar refractivity (Wildman–Crippen MR) is 58.6 cm³/mol. The largest absolute Gasteiger partial charge is 0.372 e. The molecule has 0 aromatic rings. The Labute approximate surface area is 91.2 Å². The number of hydrogen-bond acceptors (Lipinski definition) is 2. The maximum Gasteiger partial charge on any atom is 0.245 e. The lowest BCUT2D eigenvalue weighted by molar-refractivity contribution is -0.125. The number of carbonyl (C=O) groups is 1. The minimum absolute atomic E-state index is 0.0367. The van der Waals surface area contributed by atoms with E-state index >= 15 is 0 Å². The van der Waals surface area contributed by atoms with Crippen LogP contribution in [0.3, 0.4) is 0 Å². The Kier molecular flexibility index (Phi) is 9.10. The molecule has 0 fully saturated rings. The highest BCUT2D eigenvalue weighted by Gasteiger charge is 2.01. The molecule has 0 aromatic heterocycles. The molecule has 1 N–H and O–H groups in total. The third kappa shape index (κ3) is 8.32. The summed E-state index contributed by atoms with van der Waals surface area (Å²) >= 11 is 5.65. The van der Waals surface area contributed by atoms with Gasteiger partial charge in [0.2, 0.25) is 5.91 Å². The second-order valence-electron chi connectivity index (χ2n) is 3.39. The first-order valence-corrected chi connectivity index (χ1v) is 5.64. The molecule has 1 unspecified atom stereocenters. The third-order valence-electron chi connectivity index (χ3n) is 1.90. The topological polar surface area (TPSA) is 38.3 Å². The van der Waals surface area contributed by atoms with Crippen molar-refractivity contribution in [3.8, 4) is 0 Å². The van der Waals surface area contributed by atoms with Crippen LogP contribution in [0.25, 0.3) is 0 Å². The maximum atomic E-state index is 11.1. The van der Waals surface area contributed by atoms with Gasteiger partial charge in [0.05, 0.1) is 0 Å². The minimum Gasteiger partial charge on any atom is -0.372 e. The van der Waals surface area contributed by atoms with Crippen LogP contribution in [-0.2, 0) is 9.53 Å². The van der Waals surface area contributed by atoms with Gasteiger partial charge in [0.15, 0.2) is 0 Å². The van der Waals surface area contributed by atoms with Gasteiger partial charge in [-0.1, -0.05) is 6.92 Å². The fourth-order valence-electron chi connectivity index (χ4n) is 1.00. The van der Waals surface area contributed by atoms with Gasteiger partial charge in [0.1, 0.15) is 6.61 Å². The van der Waals surface area contributed by atoms with Crippen LogP contribution in [0.1, 0.15) is 26.7 Å². The van der Waals surface area contributed by atoms with E-state index in [1.54, 1.807) is 0 Å². The maximum absolute atomic E-state index is 11.1. The summed E-state index contributed by atoms with van der Waals surface area (Å²) in [6, 6.07) is 0. The molecule has 4 heteroatoms. The third-order valence-corrected chi connectivity index (χ3v) is 2.42. The highest BCUT2D eigenvalue weighted by atomic mass is 35.5. The lowest BCUT2D eigenvalue weighted by Gasteiger charge is -2.08. The molecule has 0 spiro atoms. The van der Waals surface area contributed by atoms with Gasteiger partial charge in [-0.05, 0) is 25.7 Å². The van der Waals surface area contributed by atoms with Gasteiger partial charge in [-0.3, -0.25) is 4.79 Å². The Hall–Kier alpha value is -0.280. The fourth-order valence-corrected chi connectivity index (χ4v) is 1.16. The van der Waals surface area contributed by atoms with Crippen LogP contribution in [0.2, 0.25) is 0 Å². The van der Waals surface area contributed by atoms with Crippen LogP contribution in [0.4, 0.5) is 0 Å². The summed E-state index contributed by atoms with van der Waals surface area (Å²) in [4.78, 5) is 11.1. The van der Waals surface area contributed by atoms with E-state index in [0.29, 0.717) is 24.9 Å². The summed E-state index contributed by atoms with van der Waals surface area (Å²) in [5.41, 5.74) is 0. The van der Waals surface area contributed by atoms with E-state index in [1.807, 2.05) is 6.92 Å². The molecule has 0 aliphatic heterocycles. The van der Waals surface area contributed by atoms with E-state index in [0.717, 1.165) is 12.8 Å². The summed E-state index contributed by atoms with van der Waals surface area (Å²) in [6.07, 6.45) is 2.03. The Morgan fingerprint density at radius 1 is 1.57 bits per heavy atom. The average molecular weight is 222 g/mol. The molecule has 0 aliphatic carbocycles. The first kappa shape index (κ1) is 13.7. The summed E-state index contributed by atoms with van der Waals surface area (Å²) in [7, 11) is 0. The van der Waals surface area contributed by atoms with Crippen LogP contribution in [0.5, 0.6) is 0 Å². The van der Waals surface area contributed by atoms with E-state index in [1.165, 1.54) is 0 Å². The van der Waals surface area contributed by atoms with Crippen molar-refractivity contribution in [1.82, 2.24) is 5.32 Å². The van der Waals surface area contributed by atoms with Crippen molar-refractivity contribution in [3.63, 3.8) is 0 Å². The number of hydrogen-bond donors (Lipinski definition) is 1. The van der Waals surface area contributed by atoms with Crippen molar-refractivity contribution in [1.29, 1.82) is 0 Å². The number of halogens is 1. The number of nitrogens with one attached hydrogen (secondary N) is 1. The predicted octanol–water partition coefficient (Wildman–Crippen LogP) is 1.79. The van der Waals surface area contributed by atoms with Crippen molar-refractivity contribution in [2.24, 2.45) is 5.92 Å². The van der Waals surface area contributed by atoms with Gasteiger partial charge in [-0.15, -0.1) is 11.6 Å². The number of rotatable bonds is 8. The van der Waals surface area contributed by atoms with Gasteiger partial charge in [-0.25, -0.2) is 0 Å². The van der Waals surface area contributed by atoms with Gasteiger partial charge in [-0.2, -0.15) is 0 Å². The highest BCUT2D eigenvalue weighted by Crippen LogP contribution is 2.05. The fraction of sp³-hybridized carbons (Fsp3) is 0.900. The van der Waals surface area contributed by atoms with Crippen molar-refractivity contribution >= 4 is 17.5 Å². The minimum atomic E-state index is -0.0367. The quantitative estimate of drug-likeness (QED) is 0.502. The summed E-state index contributed by atoms with van der Waals surface area (Å²) in [5, 5.41) is 2.79. The molecule has 0 heterocycles. The van der Waals surface area contributed by atoms with Crippen molar-refractivity contribution < 1.29 is 9.53 Å². The molecule has 0 bridgehead atoms. The molecular weight excluding hydrogens is 202 g/mol. The van der Waals surface area contributed by atoms with Gasteiger partial charge in [0, 0.05) is 19.0 Å².